The molecule has 0 saturated heterocycles. The molecule has 0 saturated carbocycles. The highest BCUT2D eigenvalue weighted by atomic mass is 16.5. The van der Waals surface area contributed by atoms with Crippen molar-refractivity contribution in [2.45, 2.75) is 26.8 Å². The molecule has 20 heavy (non-hydrogen) atoms. The van der Waals surface area contributed by atoms with Crippen LogP contribution in [0.3, 0.4) is 0 Å². The quantitative estimate of drug-likeness (QED) is 0.675. The first-order valence-electron chi connectivity index (χ1n) is 6.54. The van der Waals surface area contributed by atoms with Gasteiger partial charge in [0.15, 0.2) is 5.75 Å². The number of hydrogen-bond acceptors (Lipinski definition) is 4. The molecular formula is C14H21N3O3. The minimum absolute atomic E-state index is 0.0331. The fourth-order valence-electron chi connectivity index (χ4n) is 1.67. The minimum Gasteiger partial charge on any atom is -0.491 e. The van der Waals surface area contributed by atoms with Crippen molar-refractivity contribution >= 4 is 17.5 Å². The Labute approximate surface area is 118 Å². The van der Waals surface area contributed by atoms with Crippen LogP contribution in [0, 0.1) is 0 Å². The molecule has 0 fully saturated rings. The van der Waals surface area contributed by atoms with Gasteiger partial charge in [-0.25, -0.2) is 0 Å². The zero-order chi connectivity index (χ0) is 15.1. The highest BCUT2D eigenvalue weighted by molar-refractivity contribution is 6.00. The van der Waals surface area contributed by atoms with Gasteiger partial charge in [0.05, 0.1) is 24.4 Å². The first-order chi connectivity index (χ1) is 9.45. The normalized spacial score (nSPS) is 10.2. The summed E-state index contributed by atoms with van der Waals surface area (Å²) in [5.41, 5.74) is 6.50. The van der Waals surface area contributed by atoms with Gasteiger partial charge in [0.1, 0.15) is 0 Å². The summed E-state index contributed by atoms with van der Waals surface area (Å²) in [6.45, 7) is 5.83. The van der Waals surface area contributed by atoms with Crippen molar-refractivity contribution in [2.75, 3.05) is 18.9 Å². The van der Waals surface area contributed by atoms with Gasteiger partial charge >= 0.3 is 0 Å². The zero-order valence-electron chi connectivity index (χ0n) is 12.0. The number of nitrogens with two attached hydrogens (primary N) is 1. The van der Waals surface area contributed by atoms with Gasteiger partial charge in [-0.15, -0.1) is 0 Å². The van der Waals surface area contributed by atoms with Gasteiger partial charge in [-0.2, -0.15) is 0 Å². The van der Waals surface area contributed by atoms with E-state index in [4.69, 9.17) is 10.5 Å². The van der Waals surface area contributed by atoms with Crippen LogP contribution in [-0.4, -0.2) is 31.0 Å². The molecule has 1 rings (SSSR count). The molecular weight excluding hydrogens is 258 g/mol. The van der Waals surface area contributed by atoms with Crippen LogP contribution in [0.2, 0.25) is 0 Å². The van der Waals surface area contributed by atoms with E-state index in [1.54, 1.807) is 18.2 Å². The molecule has 6 heteroatoms. The number of carbonyl (C=O) groups excluding carboxylic acids is 2. The maximum Gasteiger partial charge on any atom is 0.255 e. The highest BCUT2D eigenvalue weighted by Gasteiger charge is 2.15. The molecule has 6 nitrogen and oxygen atoms in total. The van der Waals surface area contributed by atoms with Crippen LogP contribution in [0.25, 0.3) is 0 Å². The molecule has 0 atom stereocenters. The predicted octanol–water partition coefficient (Wildman–Crippen LogP) is 0.922. The van der Waals surface area contributed by atoms with Crippen molar-refractivity contribution in [3.63, 3.8) is 0 Å². The lowest BCUT2D eigenvalue weighted by Crippen LogP contribution is -2.39. The number of ether oxygens (including phenoxy) is 1. The van der Waals surface area contributed by atoms with Crippen LogP contribution in [0.5, 0.6) is 5.75 Å². The van der Waals surface area contributed by atoms with Gasteiger partial charge in [-0.3, -0.25) is 9.59 Å². The number of amides is 2. The molecule has 0 spiro atoms. The third-order valence-corrected chi connectivity index (χ3v) is 2.44. The lowest BCUT2D eigenvalue weighted by molar-refractivity contribution is -0.120. The second-order valence-electron chi connectivity index (χ2n) is 4.56. The topological polar surface area (TPSA) is 93.4 Å². The fraction of sp³-hybridized carbons (Fsp3) is 0.429. The van der Waals surface area contributed by atoms with Gasteiger partial charge in [0.2, 0.25) is 5.91 Å². The first-order valence-corrected chi connectivity index (χ1v) is 6.54. The molecule has 0 aliphatic heterocycles. The van der Waals surface area contributed by atoms with Crippen LogP contribution in [0.1, 0.15) is 31.1 Å². The minimum atomic E-state index is -0.389. The average molecular weight is 279 g/mol. The summed E-state index contributed by atoms with van der Waals surface area (Å²) in [6, 6.07) is 4.97. The Balaban J connectivity index is 2.73. The Morgan fingerprint density at radius 3 is 2.65 bits per heavy atom. The van der Waals surface area contributed by atoms with E-state index >= 15 is 0 Å². The second-order valence-corrected chi connectivity index (χ2v) is 4.56. The number of nitrogens with one attached hydrogen (secondary N) is 2. The van der Waals surface area contributed by atoms with Gasteiger partial charge in [-0.05, 0) is 32.9 Å². The van der Waals surface area contributed by atoms with Gasteiger partial charge in [-0.1, -0.05) is 6.07 Å². The van der Waals surface area contributed by atoms with E-state index in [1.807, 2.05) is 20.8 Å². The molecule has 4 N–H and O–H groups in total. The van der Waals surface area contributed by atoms with Crippen LogP contribution in [-0.2, 0) is 4.79 Å². The molecule has 1 aromatic carbocycles. The summed E-state index contributed by atoms with van der Waals surface area (Å²) < 4.78 is 5.37. The zero-order valence-corrected chi connectivity index (χ0v) is 12.0. The summed E-state index contributed by atoms with van der Waals surface area (Å²) in [6.07, 6.45) is 0. The third kappa shape index (κ3) is 4.46. The maximum atomic E-state index is 12.1. The molecule has 0 unspecified atom stereocenters. The smallest absolute Gasteiger partial charge is 0.255 e. The van der Waals surface area contributed by atoms with Gasteiger partial charge in [0, 0.05) is 6.04 Å². The monoisotopic (exact) mass is 279 g/mol. The standard InChI is InChI=1S/C14H21N3O3/c1-4-20-13-10(6-5-7-11(13)15)14(19)16-8-12(18)17-9(2)3/h5-7,9H,4,8,15H2,1-3H3,(H,16,19)(H,17,18). The van der Waals surface area contributed by atoms with Crippen LogP contribution >= 0.6 is 0 Å². The molecule has 1 aromatic rings. The summed E-state index contributed by atoms with van der Waals surface area (Å²) in [5, 5.41) is 5.23. The van der Waals surface area contributed by atoms with E-state index in [0.29, 0.717) is 23.6 Å². The Morgan fingerprint density at radius 2 is 2.05 bits per heavy atom. The van der Waals surface area contributed by atoms with Crippen molar-refractivity contribution in [2.24, 2.45) is 0 Å². The fourth-order valence-corrected chi connectivity index (χ4v) is 1.67. The Morgan fingerprint density at radius 1 is 1.35 bits per heavy atom. The van der Waals surface area contributed by atoms with Crippen molar-refractivity contribution in [3.8, 4) is 5.75 Å². The van der Waals surface area contributed by atoms with Crippen molar-refractivity contribution in [1.29, 1.82) is 0 Å². The molecule has 0 radical (unpaired) electrons. The van der Waals surface area contributed by atoms with Gasteiger partial charge < -0.3 is 21.1 Å². The van der Waals surface area contributed by atoms with Crippen molar-refractivity contribution in [1.82, 2.24) is 10.6 Å². The number of benzene rings is 1. The largest absolute Gasteiger partial charge is 0.491 e. The SMILES string of the molecule is CCOc1c(N)cccc1C(=O)NCC(=O)NC(C)C. The Bertz CT molecular complexity index is 487. The molecule has 0 aromatic heterocycles. The van der Waals surface area contributed by atoms with E-state index < -0.39 is 0 Å². The van der Waals surface area contributed by atoms with E-state index in [9.17, 15) is 9.59 Å². The third-order valence-electron chi connectivity index (χ3n) is 2.44. The summed E-state index contributed by atoms with van der Waals surface area (Å²) in [7, 11) is 0. The van der Waals surface area contributed by atoms with E-state index in [2.05, 4.69) is 10.6 Å². The van der Waals surface area contributed by atoms with Gasteiger partial charge in [0.25, 0.3) is 5.91 Å². The molecule has 0 aliphatic carbocycles. The van der Waals surface area contributed by atoms with Crippen molar-refractivity contribution < 1.29 is 14.3 Å². The van der Waals surface area contributed by atoms with E-state index in [-0.39, 0.29) is 24.4 Å². The number of para-hydroxylation sites is 1. The lowest BCUT2D eigenvalue weighted by Gasteiger charge is -2.13. The number of carbonyl (C=O) groups is 2. The Kier molecular flexibility index (Phi) is 5.83. The van der Waals surface area contributed by atoms with Crippen LogP contribution in [0.15, 0.2) is 18.2 Å². The number of rotatable bonds is 6. The molecule has 0 heterocycles. The maximum absolute atomic E-state index is 12.1. The van der Waals surface area contributed by atoms with Crippen LogP contribution in [0.4, 0.5) is 5.69 Å². The number of hydrogen-bond donors (Lipinski definition) is 3. The lowest BCUT2D eigenvalue weighted by atomic mass is 10.1. The number of nitrogen functional groups attached to an aromatic ring is 1. The number of anilines is 1. The Hall–Kier alpha value is -2.24. The molecule has 0 aliphatic rings. The summed E-state index contributed by atoms with van der Waals surface area (Å²) >= 11 is 0. The summed E-state index contributed by atoms with van der Waals surface area (Å²) in [4.78, 5) is 23.5. The highest BCUT2D eigenvalue weighted by Crippen LogP contribution is 2.26. The van der Waals surface area contributed by atoms with E-state index in [1.165, 1.54) is 0 Å². The molecule has 110 valence electrons. The first kappa shape index (κ1) is 15.8. The van der Waals surface area contributed by atoms with Crippen molar-refractivity contribution in [3.05, 3.63) is 23.8 Å². The summed E-state index contributed by atoms with van der Waals surface area (Å²) in [5.74, 6) is -0.286. The van der Waals surface area contributed by atoms with E-state index in [0.717, 1.165) is 0 Å². The predicted molar refractivity (Wildman–Crippen MR) is 77.6 cm³/mol. The average Bonchev–Trinajstić information content (AvgIpc) is 2.37. The second kappa shape index (κ2) is 7.37. The molecule has 2 amide bonds. The van der Waals surface area contributed by atoms with Crippen LogP contribution < -0.4 is 21.1 Å². The molecule has 0 bridgehead atoms.